The number of para-hydroxylation sites is 1. The Bertz CT molecular complexity index is 2840. The van der Waals surface area contributed by atoms with E-state index in [1.807, 2.05) is 23.5 Å². The number of aromatic nitrogens is 4. The maximum absolute atomic E-state index is 5.19. The summed E-state index contributed by atoms with van der Waals surface area (Å²) in [7, 11) is 0. The Kier molecular flexibility index (Phi) is 6.19. The van der Waals surface area contributed by atoms with Crippen molar-refractivity contribution in [3.8, 4) is 45.3 Å². The molecule has 0 atom stereocenters. The van der Waals surface area contributed by atoms with Crippen LogP contribution in [0.25, 0.3) is 96.7 Å². The van der Waals surface area contributed by atoms with Crippen molar-refractivity contribution in [3.05, 3.63) is 146 Å². The third-order valence-electron chi connectivity index (χ3n) is 8.92. The molecule has 48 heavy (non-hydrogen) atoms. The maximum Gasteiger partial charge on any atom is 0.160 e. The van der Waals surface area contributed by atoms with Crippen LogP contribution in [0, 0.1) is 0 Å². The van der Waals surface area contributed by atoms with Crippen molar-refractivity contribution in [2.24, 2.45) is 0 Å². The minimum absolute atomic E-state index is 0.692. The van der Waals surface area contributed by atoms with E-state index in [2.05, 4.69) is 133 Å². The molecular formula is C42H24N4S2. The minimum Gasteiger partial charge on any atom is -0.228 e. The van der Waals surface area contributed by atoms with Gasteiger partial charge in [0.1, 0.15) is 0 Å². The summed E-state index contributed by atoms with van der Waals surface area (Å²) < 4.78 is 4.87. The summed E-state index contributed by atoms with van der Waals surface area (Å²) in [5.41, 5.74) is 7.86. The highest BCUT2D eigenvalue weighted by Crippen LogP contribution is 2.40. The highest BCUT2D eigenvalue weighted by Gasteiger charge is 2.17. The summed E-state index contributed by atoms with van der Waals surface area (Å²) >= 11 is 3.57. The van der Waals surface area contributed by atoms with Crippen molar-refractivity contribution in [3.63, 3.8) is 0 Å². The van der Waals surface area contributed by atoms with Gasteiger partial charge in [0.15, 0.2) is 11.6 Å². The Hall–Kier alpha value is -5.82. The molecule has 0 saturated heterocycles. The normalized spacial score (nSPS) is 11.8. The number of benzene rings is 6. The van der Waals surface area contributed by atoms with Crippen LogP contribution in [0.15, 0.2) is 146 Å². The third kappa shape index (κ3) is 4.42. The Morgan fingerprint density at radius 3 is 1.73 bits per heavy atom. The molecule has 224 valence electrons. The molecule has 0 aliphatic heterocycles. The smallest absolute Gasteiger partial charge is 0.160 e. The average molecular weight is 649 g/mol. The zero-order valence-electron chi connectivity index (χ0n) is 25.5. The van der Waals surface area contributed by atoms with Crippen molar-refractivity contribution in [2.75, 3.05) is 0 Å². The van der Waals surface area contributed by atoms with Gasteiger partial charge in [-0.25, -0.2) is 19.9 Å². The molecule has 0 unspecified atom stereocenters. The molecule has 0 amide bonds. The predicted molar refractivity (Wildman–Crippen MR) is 203 cm³/mol. The Morgan fingerprint density at radius 1 is 0.354 bits per heavy atom. The fourth-order valence-corrected chi connectivity index (χ4v) is 8.88. The molecule has 10 rings (SSSR count). The van der Waals surface area contributed by atoms with E-state index in [0.29, 0.717) is 11.6 Å². The fourth-order valence-electron chi connectivity index (χ4n) is 6.58. The summed E-state index contributed by atoms with van der Waals surface area (Å²) in [5.74, 6) is 1.39. The van der Waals surface area contributed by atoms with Gasteiger partial charge in [0, 0.05) is 57.9 Å². The first-order chi connectivity index (χ1) is 23.8. The SMILES string of the molecule is c1ccc(-c2nc(-c3ccc(-c4nc(-c5ccc6c(c5)sc5ccccc56)c5ccccc5n4)cc3)nc3c2sc2ccccc23)cc1. The largest absolute Gasteiger partial charge is 0.228 e. The van der Waals surface area contributed by atoms with Crippen molar-refractivity contribution >= 4 is 74.1 Å². The van der Waals surface area contributed by atoms with Crippen LogP contribution >= 0.6 is 22.7 Å². The molecule has 4 nitrogen and oxygen atoms in total. The topological polar surface area (TPSA) is 51.6 Å². The number of thiophene rings is 2. The van der Waals surface area contributed by atoms with Crippen LogP contribution in [0.3, 0.4) is 0 Å². The lowest BCUT2D eigenvalue weighted by Crippen LogP contribution is -1.96. The van der Waals surface area contributed by atoms with Crippen LogP contribution in [0.2, 0.25) is 0 Å². The maximum atomic E-state index is 5.19. The van der Waals surface area contributed by atoms with Crippen LogP contribution in [-0.4, -0.2) is 19.9 Å². The van der Waals surface area contributed by atoms with Gasteiger partial charge in [-0.1, -0.05) is 121 Å². The highest BCUT2D eigenvalue weighted by atomic mass is 32.1. The van der Waals surface area contributed by atoms with E-state index in [1.54, 1.807) is 11.3 Å². The van der Waals surface area contributed by atoms with E-state index in [9.17, 15) is 0 Å². The van der Waals surface area contributed by atoms with Crippen LogP contribution in [-0.2, 0) is 0 Å². The van der Waals surface area contributed by atoms with Crippen LogP contribution in [0.1, 0.15) is 0 Å². The lowest BCUT2D eigenvalue weighted by atomic mass is 10.0. The monoisotopic (exact) mass is 648 g/mol. The molecule has 0 bridgehead atoms. The zero-order valence-corrected chi connectivity index (χ0v) is 27.1. The molecule has 0 saturated carbocycles. The zero-order chi connectivity index (χ0) is 31.6. The number of hydrogen-bond acceptors (Lipinski definition) is 6. The molecule has 6 aromatic carbocycles. The number of rotatable bonds is 4. The molecule has 0 aliphatic rings. The van der Waals surface area contributed by atoms with Gasteiger partial charge in [-0.2, -0.15) is 0 Å². The van der Waals surface area contributed by atoms with Gasteiger partial charge in [0.05, 0.1) is 27.1 Å². The lowest BCUT2D eigenvalue weighted by Gasteiger charge is -2.10. The van der Waals surface area contributed by atoms with Gasteiger partial charge >= 0.3 is 0 Å². The summed E-state index contributed by atoms with van der Waals surface area (Å²) in [4.78, 5) is 20.5. The molecule has 0 N–H and O–H groups in total. The highest BCUT2D eigenvalue weighted by molar-refractivity contribution is 7.26. The molecule has 10 aromatic rings. The van der Waals surface area contributed by atoms with Gasteiger partial charge in [-0.05, 0) is 24.3 Å². The molecule has 0 spiro atoms. The lowest BCUT2D eigenvalue weighted by molar-refractivity contribution is 1.22. The number of nitrogens with zero attached hydrogens (tertiary/aromatic N) is 4. The van der Waals surface area contributed by atoms with Crippen LogP contribution in [0.4, 0.5) is 0 Å². The van der Waals surface area contributed by atoms with Crippen molar-refractivity contribution in [2.45, 2.75) is 0 Å². The number of hydrogen-bond donors (Lipinski definition) is 0. The molecule has 4 heterocycles. The summed E-state index contributed by atoms with van der Waals surface area (Å²) in [5, 5.41) is 4.76. The summed E-state index contributed by atoms with van der Waals surface area (Å²) in [6, 6.07) is 50.7. The van der Waals surface area contributed by atoms with Gasteiger partial charge in [0.2, 0.25) is 0 Å². The van der Waals surface area contributed by atoms with Crippen molar-refractivity contribution in [1.82, 2.24) is 19.9 Å². The first kappa shape index (κ1) is 27.3. The quantitative estimate of drug-likeness (QED) is 0.191. The number of fused-ring (bicyclic) bond motifs is 7. The second kappa shape index (κ2) is 10.9. The Balaban J connectivity index is 1.09. The molecule has 0 fully saturated rings. The predicted octanol–water partition coefficient (Wildman–Crippen LogP) is 11.8. The van der Waals surface area contributed by atoms with Gasteiger partial charge in [-0.15, -0.1) is 22.7 Å². The van der Waals surface area contributed by atoms with Gasteiger partial charge in [0.25, 0.3) is 0 Å². The summed E-state index contributed by atoms with van der Waals surface area (Å²) in [6.07, 6.45) is 0. The first-order valence-corrected chi connectivity index (χ1v) is 17.4. The molecular weight excluding hydrogens is 625 g/mol. The average Bonchev–Trinajstić information content (AvgIpc) is 3.72. The first-order valence-electron chi connectivity index (χ1n) is 15.8. The summed E-state index contributed by atoms with van der Waals surface area (Å²) in [6.45, 7) is 0. The standard InChI is InChI=1S/C42H24N4S2/c1-2-10-25(11-3-1)38-40-39(32-14-6-9-17-35(32)48-40)46-42(45-38)27-20-18-26(19-21-27)41-43-33-15-7-4-13-31(33)37(44-41)28-22-23-30-29-12-5-8-16-34(29)47-36(30)24-28/h1-24H. The Labute approximate surface area is 283 Å². The Morgan fingerprint density at radius 2 is 0.938 bits per heavy atom. The molecule has 0 aliphatic carbocycles. The van der Waals surface area contributed by atoms with E-state index in [-0.39, 0.29) is 0 Å². The second-order valence-electron chi connectivity index (χ2n) is 11.8. The molecule has 4 aromatic heterocycles. The fraction of sp³-hybridized carbons (Fsp3) is 0. The van der Waals surface area contributed by atoms with Crippen molar-refractivity contribution < 1.29 is 0 Å². The van der Waals surface area contributed by atoms with E-state index < -0.39 is 0 Å². The minimum atomic E-state index is 0.692. The third-order valence-corrected chi connectivity index (χ3v) is 11.2. The van der Waals surface area contributed by atoms with E-state index in [4.69, 9.17) is 19.9 Å². The molecule has 0 radical (unpaired) electrons. The van der Waals surface area contributed by atoms with E-state index >= 15 is 0 Å². The van der Waals surface area contributed by atoms with E-state index in [1.165, 1.54) is 24.9 Å². The van der Waals surface area contributed by atoms with E-state index in [0.717, 1.165) is 60.1 Å². The van der Waals surface area contributed by atoms with Crippen LogP contribution in [0.5, 0.6) is 0 Å². The van der Waals surface area contributed by atoms with Crippen LogP contribution < -0.4 is 0 Å². The molecule has 6 heteroatoms. The second-order valence-corrected chi connectivity index (χ2v) is 14.0. The van der Waals surface area contributed by atoms with Crippen molar-refractivity contribution in [1.29, 1.82) is 0 Å². The van der Waals surface area contributed by atoms with Gasteiger partial charge < -0.3 is 0 Å². The van der Waals surface area contributed by atoms with Gasteiger partial charge in [-0.3, -0.25) is 0 Å².